The second-order valence-electron chi connectivity index (χ2n) is 6.76. The largest absolute Gasteiger partial charge is 0.382 e. The fourth-order valence-electron chi connectivity index (χ4n) is 3.50. The molecule has 7 nitrogen and oxygen atoms in total. The highest BCUT2D eigenvalue weighted by atomic mass is 16.1. The average molecular weight is 343 g/mol. The number of imidazole rings is 1. The Kier molecular flexibility index (Phi) is 5.73. The van der Waals surface area contributed by atoms with Crippen LogP contribution in [0.3, 0.4) is 0 Å². The van der Waals surface area contributed by atoms with Gasteiger partial charge >= 0.3 is 0 Å². The lowest BCUT2D eigenvalue weighted by atomic mass is 9.83. The maximum Gasteiger partial charge on any atom is 0.165 e. The Morgan fingerprint density at radius 1 is 1.16 bits per heavy atom. The fraction of sp³-hybridized carbons (Fsp3) is 0.611. The van der Waals surface area contributed by atoms with Gasteiger partial charge in [-0.3, -0.25) is 9.59 Å². The number of hydrogen-bond donors (Lipinski definition) is 1. The summed E-state index contributed by atoms with van der Waals surface area (Å²) in [6, 6.07) is 0. The Hall–Kier alpha value is -2.31. The van der Waals surface area contributed by atoms with Gasteiger partial charge in [-0.1, -0.05) is 19.3 Å². The van der Waals surface area contributed by atoms with E-state index in [2.05, 4.69) is 15.0 Å². The number of nitrogens with zero attached hydrogens (tertiary/aromatic N) is 4. The van der Waals surface area contributed by atoms with Crippen molar-refractivity contribution in [2.24, 2.45) is 5.92 Å². The normalized spacial score (nSPS) is 17.9. The van der Waals surface area contributed by atoms with Crippen molar-refractivity contribution in [3.63, 3.8) is 0 Å². The van der Waals surface area contributed by atoms with Crippen molar-refractivity contribution in [2.45, 2.75) is 64.3 Å². The third-order valence-corrected chi connectivity index (χ3v) is 4.95. The van der Waals surface area contributed by atoms with Gasteiger partial charge in [0.05, 0.1) is 12.2 Å². The summed E-state index contributed by atoms with van der Waals surface area (Å²) < 4.78 is 1.99. The molecule has 1 fully saturated rings. The zero-order valence-corrected chi connectivity index (χ0v) is 14.5. The van der Waals surface area contributed by atoms with Crippen molar-refractivity contribution < 1.29 is 9.59 Å². The highest BCUT2D eigenvalue weighted by molar-refractivity contribution is 6.02. The Bertz CT molecular complexity index is 755. The average Bonchev–Trinajstić information content (AvgIpc) is 3.03. The van der Waals surface area contributed by atoms with Gasteiger partial charge in [0, 0.05) is 19.4 Å². The molecule has 1 atom stereocenters. The molecule has 7 heteroatoms. The number of fused-ring (bicyclic) bond motifs is 1. The van der Waals surface area contributed by atoms with Crippen LogP contribution in [0.5, 0.6) is 0 Å². The lowest BCUT2D eigenvalue weighted by Gasteiger charge is -2.19. The van der Waals surface area contributed by atoms with E-state index in [9.17, 15) is 9.59 Å². The number of nitrogens with two attached hydrogens (primary N) is 1. The molecule has 0 aromatic carbocycles. The van der Waals surface area contributed by atoms with Crippen LogP contribution in [0.15, 0.2) is 12.7 Å². The molecule has 2 aromatic rings. The quantitative estimate of drug-likeness (QED) is 0.584. The summed E-state index contributed by atoms with van der Waals surface area (Å²) in [5.74, 6) is 0.401. The molecule has 0 spiro atoms. The topological polar surface area (TPSA) is 104 Å². The van der Waals surface area contributed by atoms with E-state index in [0.717, 1.165) is 57.1 Å². The van der Waals surface area contributed by atoms with Crippen LogP contribution < -0.4 is 5.73 Å². The Balaban J connectivity index is 1.37. The molecule has 2 aromatic heterocycles. The number of carbonyl (C=O) groups is 2. The highest BCUT2D eigenvalue weighted by Gasteiger charge is 2.27. The molecule has 0 radical (unpaired) electrons. The number of Topliss-reactive ketones (excluding diaryl/α,β-unsaturated/α-hetero) is 2. The van der Waals surface area contributed by atoms with Crippen LogP contribution in [0.4, 0.5) is 5.82 Å². The van der Waals surface area contributed by atoms with Crippen LogP contribution in [-0.2, 0) is 16.1 Å². The Labute approximate surface area is 147 Å². The van der Waals surface area contributed by atoms with Crippen molar-refractivity contribution in [3.05, 3.63) is 12.7 Å². The zero-order chi connectivity index (χ0) is 17.6. The Morgan fingerprint density at radius 2 is 2.00 bits per heavy atom. The van der Waals surface area contributed by atoms with E-state index in [0.29, 0.717) is 24.2 Å². The van der Waals surface area contributed by atoms with E-state index in [1.807, 2.05) is 4.57 Å². The van der Waals surface area contributed by atoms with Gasteiger partial charge in [0.1, 0.15) is 23.4 Å². The maximum absolute atomic E-state index is 12.1. The fourth-order valence-corrected chi connectivity index (χ4v) is 3.50. The molecule has 134 valence electrons. The van der Waals surface area contributed by atoms with Crippen molar-refractivity contribution in [1.82, 2.24) is 19.5 Å². The molecule has 0 bridgehead atoms. The lowest BCUT2D eigenvalue weighted by molar-refractivity contribution is -0.134. The first-order chi connectivity index (χ1) is 12.2. The predicted octanol–water partition coefficient (Wildman–Crippen LogP) is 2.69. The molecule has 1 aliphatic rings. The molecular weight excluding hydrogens is 318 g/mol. The van der Waals surface area contributed by atoms with E-state index < -0.39 is 0 Å². The third kappa shape index (κ3) is 4.21. The standard InChI is InChI=1S/C18H25N5O2/c19-17-16-18(21-11-20-17)23(12-22-16)10-6-2-1-3-8-14(24)13-7-4-5-9-15(13)25/h11-13H,1-10H2,(H2,19,20,21). The molecule has 1 saturated carbocycles. The minimum Gasteiger partial charge on any atom is -0.382 e. The van der Waals surface area contributed by atoms with E-state index in [-0.39, 0.29) is 17.5 Å². The van der Waals surface area contributed by atoms with Gasteiger partial charge in [-0.15, -0.1) is 0 Å². The summed E-state index contributed by atoms with van der Waals surface area (Å²) in [6.45, 7) is 0.821. The van der Waals surface area contributed by atoms with Gasteiger partial charge in [0.15, 0.2) is 11.5 Å². The molecular formula is C18H25N5O2. The van der Waals surface area contributed by atoms with Crippen LogP contribution in [-0.4, -0.2) is 31.1 Å². The number of nitrogen functional groups attached to an aromatic ring is 1. The van der Waals surface area contributed by atoms with Crippen molar-refractivity contribution in [2.75, 3.05) is 5.73 Å². The molecule has 0 amide bonds. The monoisotopic (exact) mass is 343 g/mol. The van der Waals surface area contributed by atoms with Gasteiger partial charge in [-0.25, -0.2) is 15.0 Å². The highest BCUT2D eigenvalue weighted by Crippen LogP contribution is 2.23. The van der Waals surface area contributed by atoms with Crippen molar-refractivity contribution in [1.29, 1.82) is 0 Å². The summed E-state index contributed by atoms with van der Waals surface area (Å²) in [7, 11) is 0. The number of anilines is 1. The predicted molar refractivity (Wildman–Crippen MR) is 94.8 cm³/mol. The smallest absolute Gasteiger partial charge is 0.165 e. The van der Waals surface area contributed by atoms with Crippen LogP contribution in [0.25, 0.3) is 11.2 Å². The molecule has 0 saturated heterocycles. The second kappa shape index (κ2) is 8.18. The van der Waals surface area contributed by atoms with Crippen LogP contribution in [0, 0.1) is 5.92 Å². The lowest BCUT2D eigenvalue weighted by Crippen LogP contribution is -2.27. The van der Waals surface area contributed by atoms with Crippen molar-refractivity contribution >= 4 is 28.5 Å². The number of aryl methyl sites for hydroxylation is 1. The summed E-state index contributed by atoms with van der Waals surface area (Å²) in [5, 5.41) is 0. The van der Waals surface area contributed by atoms with E-state index >= 15 is 0 Å². The number of aromatic nitrogens is 4. The molecule has 1 aliphatic carbocycles. The number of unbranched alkanes of at least 4 members (excludes halogenated alkanes) is 3. The van der Waals surface area contributed by atoms with Gasteiger partial charge in [0.25, 0.3) is 0 Å². The molecule has 2 heterocycles. The second-order valence-corrected chi connectivity index (χ2v) is 6.76. The molecule has 0 aliphatic heterocycles. The zero-order valence-electron chi connectivity index (χ0n) is 14.5. The van der Waals surface area contributed by atoms with Crippen LogP contribution in [0.2, 0.25) is 0 Å². The first-order valence-electron chi connectivity index (χ1n) is 9.13. The van der Waals surface area contributed by atoms with Gasteiger partial charge in [-0.2, -0.15) is 0 Å². The van der Waals surface area contributed by atoms with E-state index in [4.69, 9.17) is 5.73 Å². The number of carbonyl (C=O) groups excluding carboxylic acids is 2. The van der Waals surface area contributed by atoms with E-state index in [1.165, 1.54) is 6.33 Å². The first kappa shape index (κ1) is 17.5. The van der Waals surface area contributed by atoms with Crippen LogP contribution in [0.1, 0.15) is 57.8 Å². The Morgan fingerprint density at radius 3 is 2.84 bits per heavy atom. The summed E-state index contributed by atoms with van der Waals surface area (Å²) in [5.41, 5.74) is 7.19. The minimum absolute atomic E-state index is 0.150. The number of rotatable bonds is 8. The van der Waals surface area contributed by atoms with Crippen molar-refractivity contribution in [3.8, 4) is 0 Å². The van der Waals surface area contributed by atoms with Crippen LogP contribution >= 0.6 is 0 Å². The molecule has 3 rings (SSSR count). The first-order valence-corrected chi connectivity index (χ1v) is 9.13. The summed E-state index contributed by atoms with van der Waals surface area (Å²) in [4.78, 5) is 36.4. The van der Waals surface area contributed by atoms with E-state index in [1.54, 1.807) is 6.33 Å². The number of ketones is 2. The summed E-state index contributed by atoms with van der Waals surface area (Å²) in [6.07, 6.45) is 10.9. The maximum atomic E-state index is 12.1. The third-order valence-electron chi connectivity index (χ3n) is 4.95. The number of hydrogen-bond acceptors (Lipinski definition) is 6. The van der Waals surface area contributed by atoms with Gasteiger partial charge < -0.3 is 10.3 Å². The summed E-state index contributed by atoms with van der Waals surface area (Å²) >= 11 is 0. The van der Waals surface area contributed by atoms with Gasteiger partial charge in [-0.05, 0) is 25.7 Å². The SMILES string of the molecule is Nc1ncnc2c1ncn2CCCCCCC(=O)C1CCCCC1=O. The van der Waals surface area contributed by atoms with Gasteiger partial charge in [0.2, 0.25) is 0 Å². The molecule has 25 heavy (non-hydrogen) atoms. The molecule has 1 unspecified atom stereocenters. The minimum atomic E-state index is -0.309. The molecule has 2 N–H and O–H groups in total.